The summed E-state index contributed by atoms with van der Waals surface area (Å²) >= 11 is 0. The maximum absolute atomic E-state index is 5.50. The van der Waals surface area contributed by atoms with Crippen molar-refractivity contribution in [2.75, 3.05) is 39.6 Å². The Morgan fingerprint density at radius 3 is 3.00 bits per heavy atom. The van der Waals surface area contributed by atoms with E-state index in [4.69, 9.17) is 14.2 Å². The fraction of sp³-hybridized carbons (Fsp3) is 1.00. The van der Waals surface area contributed by atoms with Gasteiger partial charge in [-0.05, 0) is 13.8 Å². The van der Waals surface area contributed by atoms with Crippen molar-refractivity contribution in [3.05, 3.63) is 0 Å². The molecule has 14 heavy (non-hydrogen) atoms. The van der Waals surface area contributed by atoms with Crippen LogP contribution in [-0.2, 0) is 14.2 Å². The van der Waals surface area contributed by atoms with Gasteiger partial charge in [-0.1, -0.05) is 0 Å². The Labute approximate surface area is 85.9 Å². The van der Waals surface area contributed by atoms with Crippen molar-refractivity contribution in [2.24, 2.45) is 0 Å². The molecule has 0 aromatic carbocycles. The molecule has 1 aliphatic heterocycles. The fourth-order valence-corrected chi connectivity index (χ4v) is 1.34. The standard InChI is InChI=1S/C10H21NO3/c1-3-12-7-9(2)11-6-10-8-13-4-5-14-10/h9-11H,3-8H2,1-2H3. The summed E-state index contributed by atoms with van der Waals surface area (Å²) < 4.78 is 16.1. The van der Waals surface area contributed by atoms with Crippen LogP contribution in [-0.4, -0.2) is 51.7 Å². The van der Waals surface area contributed by atoms with E-state index in [0.717, 1.165) is 26.4 Å². The van der Waals surface area contributed by atoms with E-state index < -0.39 is 0 Å². The molecule has 1 aliphatic rings. The van der Waals surface area contributed by atoms with E-state index in [1.165, 1.54) is 0 Å². The van der Waals surface area contributed by atoms with E-state index in [1.54, 1.807) is 0 Å². The lowest BCUT2D eigenvalue weighted by Crippen LogP contribution is -2.42. The second kappa shape index (κ2) is 7.17. The van der Waals surface area contributed by atoms with Gasteiger partial charge >= 0.3 is 0 Å². The van der Waals surface area contributed by atoms with Crippen molar-refractivity contribution >= 4 is 0 Å². The maximum Gasteiger partial charge on any atom is 0.0933 e. The Bertz CT molecular complexity index is 137. The van der Waals surface area contributed by atoms with E-state index in [2.05, 4.69) is 12.2 Å². The van der Waals surface area contributed by atoms with E-state index in [9.17, 15) is 0 Å². The Hall–Kier alpha value is -0.160. The summed E-state index contributed by atoms with van der Waals surface area (Å²) in [6.07, 6.45) is 0.202. The summed E-state index contributed by atoms with van der Waals surface area (Å²) in [5, 5.41) is 3.36. The van der Waals surface area contributed by atoms with Crippen molar-refractivity contribution < 1.29 is 14.2 Å². The predicted molar refractivity (Wildman–Crippen MR) is 54.5 cm³/mol. The van der Waals surface area contributed by atoms with Crippen LogP contribution in [0.15, 0.2) is 0 Å². The van der Waals surface area contributed by atoms with Crippen LogP contribution in [0, 0.1) is 0 Å². The van der Waals surface area contributed by atoms with Crippen LogP contribution in [0.5, 0.6) is 0 Å². The van der Waals surface area contributed by atoms with Crippen LogP contribution >= 0.6 is 0 Å². The molecule has 1 saturated heterocycles. The Kier molecular flexibility index (Phi) is 6.10. The molecule has 0 amide bonds. The lowest BCUT2D eigenvalue weighted by Gasteiger charge is -2.24. The third-order valence-corrected chi connectivity index (χ3v) is 2.15. The maximum atomic E-state index is 5.50. The number of nitrogens with one attached hydrogen (secondary N) is 1. The summed E-state index contributed by atoms with van der Waals surface area (Å²) in [6.45, 7) is 8.63. The van der Waals surface area contributed by atoms with Gasteiger partial charge < -0.3 is 19.5 Å². The normalized spacial score (nSPS) is 24.9. The van der Waals surface area contributed by atoms with E-state index in [0.29, 0.717) is 19.3 Å². The lowest BCUT2D eigenvalue weighted by molar-refractivity contribution is -0.0874. The zero-order valence-electron chi connectivity index (χ0n) is 9.12. The first-order valence-corrected chi connectivity index (χ1v) is 5.33. The average molecular weight is 203 g/mol. The molecule has 1 fully saturated rings. The predicted octanol–water partition coefficient (Wildman–Crippen LogP) is 0.416. The molecule has 2 unspecified atom stereocenters. The zero-order valence-corrected chi connectivity index (χ0v) is 9.12. The molecular weight excluding hydrogens is 182 g/mol. The molecule has 0 aromatic rings. The van der Waals surface area contributed by atoms with E-state index in [1.807, 2.05) is 6.92 Å². The summed E-state index contributed by atoms with van der Waals surface area (Å²) in [5.41, 5.74) is 0. The first kappa shape index (κ1) is 11.9. The Morgan fingerprint density at radius 2 is 2.36 bits per heavy atom. The summed E-state index contributed by atoms with van der Waals surface area (Å²) in [7, 11) is 0. The number of rotatable bonds is 6. The van der Waals surface area contributed by atoms with Gasteiger partial charge in [-0.25, -0.2) is 0 Å². The zero-order chi connectivity index (χ0) is 10.2. The van der Waals surface area contributed by atoms with Gasteiger partial charge in [0.25, 0.3) is 0 Å². The van der Waals surface area contributed by atoms with Crippen LogP contribution < -0.4 is 5.32 Å². The largest absolute Gasteiger partial charge is 0.380 e. The third kappa shape index (κ3) is 4.91. The molecule has 84 valence electrons. The first-order valence-electron chi connectivity index (χ1n) is 5.33. The van der Waals surface area contributed by atoms with Gasteiger partial charge in [0, 0.05) is 19.2 Å². The van der Waals surface area contributed by atoms with E-state index >= 15 is 0 Å². The average Bonchev–Trinajstić information content (AvgIpc) is 2.25. The van der Waals surface area contributed by atoms with Gasteiger partial charge in [-0.15, -0.1) is 0 Å². The fourth-order valence-electron chi connectivity index (χ4n) is 1.34. The van der Waals surface area contributed by atoms with E-state index in [-0.39, 0.29) is 6.10 Å². The molecule has 1 N–H and O–H groups in total. The minimum atomic E-state index is 0.202. The molecule has 4 heteroatoms. The third-order valence-electron chi connectivity index (χ3n) is 2.15. The smallest absolute Gasteiger partial charge is 0.0933 e. The molecule has 0 radical (unpaired) electrons. The van der Waals surface area contributed by atoms with Crippen LogP contribution in [0.4, 0.5) is 0 Å². The van der Waals surface area contributed by atoms with Crippen molar-refractivity contribution in [1.29, 1.82) is 0 Å². The topological polar surface area (TPSA) is 39.7 Å². The van der Waals surface area contributed by atoms with Crippen molar-refractivity contribution in [1.82, 2.24) is 5.32 Å². The van der Waals surface area contributed by atoms with Gasteiger partial charge in [0.2, 0.25) is 0 Å². The summed E-state index contributed by atoms with van der Waals surface area (Å²) in [6, 6.07) is 0.375. The quantitative estimate of drug-likeness (QED) is 0.679. The molecule has 4 nitrogen and oxygen atoms in total. The van der Waals surface area contributed by atoms with Crippen molar-refractivity contribution in [3.63, 3.8) is 0 Å². The van der Waals surface area contributed by atoms with Gasteiger partial charge in [0.1, 0.15) is 0 Å². The summed E-state index contributed by atoms with van der Waals surface area (Å²) in [4.78, 5) is 0. The number of hydrogen-bond acceptors (Lipinski definition) is 4. The molecule has 1 heterocycles. The highest BCUT2D eigenvalue weighted by Gasteiger charge is 2.14. The van der Waals surface area contributed by atoms with Gasteiger partial charge in [0.15, 0.2) is 0 Å². The summed E-state index contributed by atoms with van der Waals surface area (Å²) in [5.74, 6) is 0. The SMILES string of the molecule is CCOCC(C)NCC1COCCO1. The van der Waals surface area contributed by atoms with Gasteiger partial charge in [-0.2, -0.15) is 0 Å². The second-order valence-corrected chi connectivity index (χ2v) is 3.54. The Balaban J connectivity index is 2.00. The number of ether oxygens (including phenoxy) is 3. The Morgan fingerprint density at radius 1 is 1.50 bits per heavy atom. The van der Waals surface area contributed by atoms with Crippen LogP contribution in [0.2, 0.25) is 0 Å². The molecule has 1 rings (SSSR count). The highest BCUT2D eigenvalue weighted by molar-refractivity contribution is 4.67. The van der Waals surface area contributed by atoms with Gasteiger partial charge in [0.05, 0.1) is 32.5 Å². The van der Waals surface area contributed by atoms with Crippen LogP contribution in [0.3, 0.4) is 0 Å². The number of hydrogen-bond donors (Lipinski definition) is 1. The molecule has 0 aliphatic carbocycles. The molecular formula is C10H21NO3. The lowest BCUT2D eigenvalue weighted by atomic mass is 10.3. The monoisotopic (exact) mass is 203 g/mol. The molecule has 2 atom stereocenters. The van der Waals surface area contributed by atoms with Crippen molar-refractivity contribution in [2.45, 2.75) is 26.0 Å². The van der Waals surface area contributed by atoms with Gasteiger partial charge in [-0.3, -0.25) is 0 Å². The minimum absolute atomic E-state index is 0.202. The highest BCUT2D eigenvalue weighted by atomic mass is 16.6. The van der Waals surface area contributed by atoms with Crippen LogP contribution in [0.1, 0.15) is 13.8 Å². The van der Waals surface area contributed by atoms with Crippen LogP contribution in [0.25, 0.3) is 0 Å². The molecule has 0 bridgehead atoms. The second-order valence-electron chi connectivity index (χ2n) is 3.54. The molecule has 0 saturated carbocycles. The minimum Gasteiger partial charge on any atom is -0.380 e. The van der Waals surface area contributed by atoms with Crippen molar-refractivity contribution in [3.8, 4) is 0 Å². The molecule has 0 aromatic heterocycles. The first-order chi connectivity index (χ1) is 6.83. The molecule has 0 spiro atoms. The highest BCUT2D eigenvalue weighted by Crippen LogP contribution is 1.99.